The van der Waals surface area contributed by atoms with Gasteiger partial charge in [0.1, 0.15) is 5.75 Å². The predicted molar refractivity (Wildman–Crippen MR) is 60.2 cm³/mol. The van der Waals surface area contributed by atoms with E-state index >= 15 is 0 Å². The minimum absolute atomic E-state index is 0.0550. The number of carboxylic acid groups (broad SMARTS) is 1. The largest absolute Gasteiger partial charge is 0.506 e. The van der Waals surface area contributed by atoms with E-state index in [1.807, 2.05) is 0 Å². The first-order valence-electron chi connectivity index (χ1n) is 4.59. The molecule has 0 atom stereocenters. The molecule has 1 rings (SSSR count). The van der Waals surface area contributed by atoms with Crippen LogP contribution in [0.3, 0.4) is 0 Å². The van der Waals surface area contributed by atoms with Crippen molar-refractivity contribution in [2.75, 3.05) is 5.32 Å². The summed E-state index contributed by atoms with van der Waals surface area (Å²) in [7, 11) is 0. The molecule has 0 heterocycles. The second-order valence-corrected chi connectivity index (χ2v) is 3.12. The van der Waals surface area contributed by atoms with Crippen LogP contribution in [0.1, 0.15) is 0 Å². The number of carboxylic acids is 1. The lowest BCUT2D eigenvalue weighted by molar-refractivity contribution is -0.384. The minimum Gasteiger partial charge on any atom is -0.506 e. The first-order chi connectivity index (χ1) is 8.40. The Hall–Kier alpha value is -2.90. The van der Waals surface area contributed by atoms with Crippen molar-refractivity contribution >= 4 is 23.3 Å². The minimum atomic E-state index is -1.29. The van der Waals surface area contributed by atoms with Crippen molar-refractivity contribution in [3.63, 3.8) is 0 Å². The maximum Gasteiger partial charge on any atom is 0.328 e. The molecule has 0 aromatic heterocycles. The van der Waals surface area contributed by atoms with E-state index in [1.165, 1.54) is 0 Å². The van der Waals surface area contributed by atoms with Gasteiger partial charge in [-0.25, -0.2) is 4.79 Å². The molecule has 8 heteroatoms. The van der Waals surface area contributed by atoms with E-state index in [-0.39, 0.29) is 11.4 Å². The number of phenols is 1. The Morgan fingerprint density at radius 3 is 2.50 bits per heavy atom. The van der Waals surface area contributed by atoms with Crippen molar-refractivity contribution in [1.29, 1.82) is 0 Å². The molecule has 1 aromatic carbocycles. The van der Waals surface area contributed by atoms with Crippen LogP contribution in [0.15, 0.2) is 30.4 Å². The molecule has 94 valence electrons. The van der Waals surface area contributed by atoms with Gasteiger partial charge in [-0.15, -0.1) is 0 Å². The van der Waals surface area contributed by atoms with Crippen molar-refractivity contribution in [3.8, 4) is 5.75 Å². The Morgan fingerprint density at radius 2 is 2.00 bits per heavy atom. The summed E-state index contributed by atoms with van der Waals surface area (Å²) in [4.78, 5) is 31.0. The van der Waals surface area contributed by atoms with Crippen LogP contribution in [0.25, 0.3) is 0 Å². The van der Waals surface area contributed by atoms with E-state index in [2.05, 4.69) is 5.32 Å². The Labute approximate surface area is 100 Å². The number of benzene rings is 1. The summed E-state index contributed by atoms with van der Waals surface area (Å²) in [5, 5.41) is 30.3. The van der Waals surface area contributed by atoms with Crippen LogP contribution in [-0.2, 0) is 9.59 Å². The fourth-order valence-electron chi connectivity index (χ4n) is 1.06. The third-order valence-corrected chi connectivity index (χ3v) is 1.83. The van der Waals surface area contributed by atoms with Crippen molar-refractivity contribution < 1.29 is 24.7 Å². The van der Waals surface area contributed by atoms with Crippen LogP contribution < -0.4 is 5.32 Å². The van der Waals surface area contributed by atoms with Gasteiger partial charge in [-0.2, -0.15) is 0 Å². The summed E-state index contributed by atoms with van der Waals surface area (Å²) in [5.41, 5.74) is -0.382. The number of aliphatic carboxylic acids is 1. The van der Waals surface area contributed by atoms with Gasteiger partial charge in [-0.05, 0) is 6.07 Å². The summed E-state index contributed by atoms with van der Waals surface area (Å²) >= 11 is 0. The van der Waals surface area contributed by atoms with Gasteiger partial charge in [0.05, 0.1) is 16.7 Å². The first-order valence-corrected chi connectivity index (χ1v) is 4.59. The van der Waals surface area contributed by atoms with Crippen molar-refractivity contribution in [1.82, 2.24) is 0 Å². The lowest BCUT2D eigenvalue weighted by Crippen LogP contribution is -2.08. The van der Waals surface area contributed by atoms with Gasteiger partial charge in [0, 0.05) is 18.2 Å². The van der Waals surface area contributed by atoms with E-state index < -0.39 is 22.5 Å². The van der Waals surface area contributed by atoms with Gasteiger partial charge in [0.15, 0.2) is 0 Å². The van der Waals surface area contributed by atoms with Crippen LogP contribution in [0.4, 0.5) is 11.4 Å². The molecule has 0 radical (unpaired) electrons. The average Bonchev–Trinajstić information content (AvgIpc) is 2.29. The van der Waals surface area contributed by atoms with E-state index in [4.69, 9.17) is 5.11 Å². The zero-order valence-electron chi connectivity index (χ0n) is 8.86. The summed E-state index contributed by atoms with van der Waals surface area (Å²) in [6, 6.07) is 3.10. The molecule has 1 aromatic rings. The number of carbonyl (C=O) groups excluding carboxylic acids is 1. The molecule has 0 fully saturated rings. The van der Waals surface area contributed by atoms with Crippen molar-refractivity contribution in [2.24, 2.45) is 0 Å². The molecule has 8 nitrogen and oxygen atoms in total. The second-order valence-electron chi connectivity index (χ2n) is 3.12. The van der Waals surface area contributed by atoms with Gasteiger partial charge < -0.3 is 15.5 Å². The van der Waals surface area contributed by atoms with Gasteiger partial charge in [-0.1, -0.05) is 0 Å². The third-order valence-electron chi connectivity index (χ3n) is 1.83. The molecule has 1 amide bonds. The number of aromatic hydroxyl groups is 1. The number of non-ortho nitro benzene ring substituents is 1. The first kappa shape index (κ1) is 13.2. The van der Waals surface area contributed by atoms with Crippen molar-refractivity contribution in [2.45, 2.75) is 0 Å². The molecule has 0 aliphatic heterocycles. The lowest BCUT2D eigenvalue weighted by atomic mass is 10.2. The third kappa shape index (κ3) is 3.59. The van der Waals surface area contributed by atoms with Crippen LogP contribution in [-0.4, -0.2) is 27.0 Å². The average molecular weight is 252 g/mol. The highest BCUT2D eigenvalue weighted by Crippen LogP contribution is 2.27. The van der Waals surface area contributed by atoms with Crippen LogP contribution >= 0.6 is 0 Å². The Kier molecular flexibility index (Phi) is 3.98. The zero-order valence-corrected chi connectivity index (χ0v) is 8.86. The summed E-state index contributed by atoms with van der Waals surface area (Å²) < 4.78 is 0. The monoisotopic (exact) mass is 252 g/mol. The van der Waals surface area contributed by atoms with E-state index in [0.717, 1.165) is 24.3 Å². The molecule has 0 saturated heterocycles. The maximum atomic E-state index is 11.2. The molecule has 0 aliphatic carbocycles. The number of carbonyl (C=O) groups is 2. The number of nitro groups is 1. The van der Waals surface area contributed by atoms with Crippen LogP contribution in [0.5, 0.6) is 5.75 Å². The lowest BCUT2D eigenvalue weighted by Gasteiger charge is -2.04. The zero-order chi connectivity index (χ0) is 13.7. The Balaban J connectivity index is 2.83. The number of phenolic OH excluding ortho intramolecular Hbond substituents is 1. The molecule has 18 heavy (non-hydrogen) atoms. The SMILES string of the molecule is O=C(O)C=CC(=O)Nc1ccc([N+](=O)[O-])cc1O. The normalized spacial score (nSPS) is 10.2. The quantitative estimate of drug-likeness (QED) is 0.315. The highest BCUT2D eigenvalue weighted by atomic mass is 16.6. The van der Waals surface area contributed by atoms with Gasteiger partial charge in [0.2, 0.25) is 5.91 Å². The molecule has 0 spiro atoms. The molecule has 0 bridgehead atoms. The Morgan fingerprint density at radius 1 is 1.33 bits per heavy atom. The molecule has 0 unspecified atom stereocenters. The molecular formula is C10H8N2O6. The summed E-state index contributed by atoms with van der Waals surface area (Å²) in [5.74, 6) is -2.55. The highest BCUT2D eigenvalue weighted by molar-refractivity contribution is 6.03. The van der Waals surface area contributed by atoms with Crippen molar-refractivity contribution in [3.05, 3.63) is 40.5 Å². The number of nitro benzene ring substituents is 1. The number of nitrogens with one attached hydrogen (secondary N) is 1. The molecule has 0 saturated carbocycles. The fourth-order valence-corrected chi connectivity index (χ4v) is 1.06. The van der Waals surface area contributed by atoms with Gasteiger partial charge in [0.25, 0.3) is 5.69 Å². The number of amides is 1. The maximum absolute atomic E-state index is 11.2. The van der Waals surface area contributed by atoms with E-state index in [1.54, 1.807) is 0 Å². The predicted octanol–water partition coefficient (Wildman–Crippen LogP) is 0.880. The van der Waals surface area contributed by atoms with E-state index in [9.17, 15) is 24.8 Å². The highest BCUT2D eigenvalue weighted by Gasteiger charge is 2.11. The number of anilines is 1. The standard InChI is InChI=1S/C10H8N2O6/c13-8-5-6(12(17)18)1-2-7(8)11-9(14)3-4-10(15)16/h1-5,13H,(H,11,14)(H,15,16). The summed E-state index contributed by atoms with van der Waals surface area (Å²) in [6.07, 6.45) is 1.38. The number of hydrogen-bond acceptors (Lipinski definition) is 5. The number of hydrogen-bond donors (Lipinski definition) is 3. The Bertz CT molecular complexity index is 537. The fraction of sp³-hybridized carbons (Fsp3) is 0. The second kappa shape index (κ2) is 5.43. The smallest absolute Gasteiger partial charge is 0.328 e. The van der Waals surface area contributed by atoms with Gasteiger partial charge in [-0.3, -0.25) is 14.9 Å². The number of nitrogens with zero attached hydrogens (tertiary/aromatic N) is 1. The van der Waals surface area contributed by atoms with Crippen LogP contribution in [0, 0.1) is 10.1 Å². The van der Waals surface area contributed by atoms with Gasteiger partial charge >= 0.3 is 5.97 Å². The van der Waals surface area contributed by atoms with E-state index in [0.29, 0.717) is 6.08 Å². The molecule has 3 N–H and O–H groups in total. The number of rotatable bonds is 4. The molecular weight excluding hydrogens is 244 g/mol. The topological polar surface area (TPSA) is 130 Å². The summed E-state index contributed by atoms with van der Waals surface area (Å²) in [6.45, 7) is 0. The molecule has 0 aliphatic rings. The van der Waals surface area contributed by atoms with Crippen LogP contribution in [0.2, 0.25) is 0 Å².